The molecule has 3 unspecified atom stereocenters. The average Bonchev–Trinajstić information content (AvgIpc) is 3.29. The molecule has 3 N–H and O–H groups in total. The Balaban J connectivity index is 4.61. The third-order valence-corrected chi connectivity index (χ3v) is 12.7. The summed E-state index contributed by atoms with van der Waals surface area (Å²) in [5, 5.41) is 23.8. The summed E-state index contributed by atoms with van der Waals surface area (Å²) in [6.45, 7) is 6.46. The quantitative estimate of drug-likeness (QED) is 0.0245. The van der Waals surface area contributed by atoms with Crippen LogP contribution in [-0.2, 0) is 14.3 Å². The molecule has 64 heavy (non-hydrogen) atoms. The van der Waals surface area contributed by atoms with Crippen molar-refractivity contribution in [3.05, 3.63) is 48.6 Å². The van der Waals surface area contributed by atoms with Crippen LogP contribution in [0.3, 0.4) is 0 Å². The highest BCUT2D eigenvalue weighted by atomic mass is 16.5. The Morgan fingerprint density at radius 3 is 1.34 bits per heavy atom. The molecule has 374 valence electrons. The lowest BCUT2D eigenvalue weighted by Crippen LogP contribution is -2.46. The fourth-order valence-electron chi connectivity index (χ4n) is 8.40. The van der Waals surface area contributed by atoms with E-state index in [1.165, 1.54) is 167 Å². The second-order valence-corrected chi connectivity index (χ2v) is 19.0. The summed E-state index contributed by atoms with van der Waals surface area (Å²) in [6.07, 6.45) is 63.2. The highest BCUT2D eigenvalue weighted by molar-refractivity contribution is 5.77. The molecule has 0 rings (SSSR count). The molecule has 0 aliphatic heterocycles. The van der Waals surface area contributed by atoms with Crippen molar-refractivity contribution in [2.24, 2.45) is 0 Å². The van der Waals surface area contributed by atoms with Crippen LogP contribution in [0.4, 0.5) is 0 Å². The fraction of sp³-hybridized carbons (Fsp3) is 0.828. The van der Waals surface area contributed by atoms with Crippen LogP contribution in [0, 0.1) is 0 Å². The van der Waals surface area contributed by atoms with Gasteiger partial charge in [0.25, 0.3) is 0 Å². The van der Waals surface area contributed by atoms with Crippen LogP contribution in [-0.4, -0.2) is 46.9 Å². The molecule has 3 atom stereocenters. The highest BCUT2D eigenvalue weighted by Gasteiger charge is 2.24. The van der Waals surface area contributed by atoms with Crippen molar-refractivity contribution >= 4 is 11.9 Å². The van der Waals surface area contributed by atoms with Gasteiger partial charge < -0.3 is 20.3 Å². The summed E-state index contributed by atoms with van der Waals surface area (Å²) in [7, 11) is 0. The third-order valence-electron chi connectivity index (χ3n) is 12.7. The number of rotatable bonds is 50. The van der Waals surface area contributed by atoms with Gasteiger partial charge in [-0.3, -0.25) is 9.59 Å². The van der Waals surface area contributed by atoms with E-state index in [-0.39, 0.29) is 24.9 Å². The van der Waals surface area contributed by atoms with Gasteiger partial charge in [-0.05, 0) is 77.0 Å². The van der Waals surface area contributed by atoms with Gasteiger partial charge in [0.2, 0.25) is 5.91 Å². The van der Waals surface area contributed by atoms with Crippen LogP contribution in [0.15, 0.2) is 48.6 Å². The zero-order chi connectivity index (χ0) is 46.7. The molecule has 0 aromatic heterocycles. The molecule has 0 aromatic carbocycles. The fourth-order valence-corrected chi connectivity index (χ4v) is 8.40. The third kappa shape index (κ3) is 46.4. The number of hydrogen-bond acceptors (Lipinski definition) is 5. The minimum absolute atomic E-state index is 0.0425. The van der Waals surface area contributed by atoms with Crippen LogP contribution in [0.25, 0.3) is 0 Å². The van der Waals surface area contributed by atoms with Gasteiger partial charge in [0.05, 0.1) is 25.2 Å². The van der Waals surface area contributed by atoms with Gasteiger partial charge in [-0.25, -0.2) is 0 Å². The molecule has 0 heterocycles. The standard InChI is InChI=1S/C58H107NO5/c1-4-7-10-13-16-19-22-25-28-29-30-33-36-39-42-45-48-51-58(63)64-54(49-46-43-40-37-34-31-26-23-20-17-14-11-8-5-2)52-57(62)59-55(53-60)56(61)50-47-44-41-38-35-32-27-24-21-18-15-12-9-6-3/h16,19,25,28,31,34,37,40,54-56,60-61H,4-15,17-18,20-24,26-27,29-30,32-33,35-36,38-39,41-53H2,1-3H3,(H,59,62)/b19-16-,28-25-,34-31+,40-37+. The lowest BCUT2D eigenvalue weighted by molar-refractivity contribution is -0.151. The Bertz CT molecular complexity index is 1100. The van der Waals surface area contributed by atoms with E-state index in [9.17, 15) is 19.8 Å². The molecular weight excluding hydrogens is 791 g/mol. The number of carbonyl (C=O) groups is 2. The number of nitrogens with one attached hydrogen (secondary N) is 1. The number of carbonyl (C=O) groups excluding carboxylic acids is 2. The van der Waals surface area contributed by atoms with Crippen molar-refractivity contribution in [1.29, 1.82) is 0 Å². The topological polar surface area (TPSA) is 95.9 Å². The summed E-state index contributed by atoms with van der Waals surface area (Å²) >= 11 is 0. The van der Waals surface area contributed by atoms with Crippen molar-refractivity contribution in [2.75, 3.05) is 6.61 Å². The molecule has 0 saturated carbocycles. The van der Waals surface area contributed by atoms with Crippen LogP contribution in [0.2, 0.25) is 0 Å². The molecular formula is C58H107NO5. The van der Waals surface area contributed by atoms with E-state index in [2.05, 4.69) is 74.7 Å². The van der Waals surface area contributed by atoms with Gasteiger partial charge in [-0.1, -0.05) is 243 Å². The summed E-state index contributed by atoms with van der Waals surface area (Å²) in [5.41, 5.74) is 0. The van der Waals surface area contributed by atoms with Crippen molar-refractivity contribution in [3.63, 3.8) is 0 Å². The number of aliphatic hydroxyl groups is 2. The van der Waals surface area contributed by atoms with Crippen LogP contribution >= 0.6 is 0 Å². The first-order chi connectivity index (χ1) is 31.5. The normalized spacial score (nSPS) is 13.5. The predicted octanol–water partition coefficient (Wildman–Crippen LogP) is 17.0. The van der Waals surface area contributed by atoms with Crippen LogP contribution < -0.4 is 5.32 Å². The van der Waals surface area contributed by atoms with E-state index >= 15 is 0 Å². The Labute approximate surface area is 397 Å². The minimum Gasteiger partial charge on any atom is -0.462 e. The first-order valence-corrected chi connectivity index (χ1v) is 27.9. The molecule has 0 saturated heterocycles. The number of allylic oxidation sites excluding steroid dienone is 8. The number of aliphatic hydroxyl groups excluding tert-OH is 2. The zero-order valence-electron chi connectivity index (χ0n) is 42.7. The monoisotopic (exact) mass is 898 g/mol. The van der Waals surface area contributed by atoms with Gasteiger partial charge in [-0.2, -0.15) is 0 Å². The minimum atomic E-state index is -0.800. The zero-order valence-corrected chi connectivity index (χ0v) is 42.7. The molecule has 0 spiro atoms. The Morgan fingerprint density at radius 2 is 0.859 bits per heavy atom. The maximum Gasteiger partial charge on any atom is 0.306 e. The molecule has 6 heteroatoms. The van der Waals surface area contributed by atoms with Gasteiger partial charge in [0.15, 0.2) is 0 Å². The smallest absolute Gasteiger partial charge is 0.306 e. The maximum atomic E-state index is 13.2. The molecule has 0 aliphatic rings. The second kappa shape index (κ2) is 51.8. The Hall–Kier alpha value is -2.18. The van der Waals surface area contributed by atoms with Crippen molar-refractivity contribution in [1.82, 2.24) is 5.32 Å². The molecule has 0 fully saturated rings. The Kier molecular flexibility index (Phi) is 50.0. The van der Waals surface area contributed by atoms with Crippen LogP contribution in [0.1, 0.15) is 284 Å². The SMILES string of the molecule is CCCCC/C=C\C/C=C\CCCCCCCCCC(=O)OC(CCC/C=C/C=C/CCCCCCCCC)CC(=O)NC(CO)C(O)CCCCCCCCCCCCCCCC. The average molecular weight is 898 g/mol. The van der Waals surface area contributed by atoms with Crippen molar-refractivity contribution < 1.29 is 24.5 Å². The largest absolute Gasteiger partial charge is 0.462 e. The first kappa shape index (κ1) is 61.8. The van der Waals surface area contributed by atoms with Crippen molar-refractivity contribution in [2.45, 2.75) is 302 Å². The molecule has 0 aliphatic carbocycles. The molecule has 0 radical (unpaired) electrons. The Morgan fingerprint density at radius 1 is 0.469 bits per heavy atom. The number of amides is 1. The number of unbranched alkanes of at least 4 members (excludes halogenated alkanes) is 31. The highest BCUT2D eigenvalue weighted by Crippen LogP contribution is 2.17. The van der Waals surface area contributed by atoms with Gasteiger partial charge >= 0.3 is 5.97 Å². The summed E-state index contributed by atoms with van der Waals surface area (Å²) in [5.74, 6) is -0.522. The summed E-state index contributed by atoms with van der Waals surface area (Å²) in [4.78, 5) is 26.2. The van der Waals surface area contributed by atoms with E-state index < -0.39 is 18.2 Å². The van der Waals surface area contributed by atoms with Gasteiger partial charge in [-0.15, -0.1) is 0 Å². The molecule has 0 aromatic rings. The maximum absolute atomic E-state index is 13.2. The van der Waals surface area contributed by atoms with E-state index in [4.69, 9.17) is 4.74 Å². The molecule has 6 nitrogen and oxygen atoms in total. The summed E-state index contributed by atoms with van der Waals surface area (Å²) in [6, 6.07) is -0.717. The van der Waals surface area contributed by atoms with E-state index in [1.807, 2.05) is 0 Å². The lowest BCUT2D eigenvalue weighted by Gasteiger charge is -2.24. The first-order valence-electron chi connectivity index (χ1n) is 27.9. The number of hydrogen-bond donors (Lipinski definition) is 3. The van der Waals surface area contributed by atoms with Gasteiger partial charge in [0, 0.05) is 6.42 Å². The van der Waals surface area contributed by atoms with E-state index in [1.54, 1.807) is 0 Å². The van der Waals surface area contributed by atoms with Gasteiger partial charge in [0.1, 0.15) is 6.10 Å². The second-order valence-electron chi connectivity index (χ2n) is 19.0. The van der Waals surface area contributed by atoms with Crippen LogP contribution in [0.5, 0.6) is 0 Å². The lowest BCUT2D eigenvalue weighted by atomic mass is 10.0. The summed E-state index contributed by atoms with van der Waals surface area (Å²) < 4.78 is 5.92. The molecule has 1 amide bonds. The predicted molar refractivity (Wildman–Crippen MR) is 278 cm³/mol. The number of esters is 1. The van der Waals surface area contributed by atoms with E-state index in [0.717, 1.165) is 70.6 Å². The van der Waals surface area contributed by atoms with Crippen molar-refractivity contribution in [3.8, 4) is 0 Å². The number of ether oxygens (including phenoxy) is 1. The molecule has 0 bridgehead atoms. The van der Waals surface area contributed by atoms with E-state index in [0.29, 0.717) is 19.3 Å².